The number of fused-ring (bicyclic) bond motifs is 1. The number of benzene rings is 2. The van der Waals surface area contributed by atoms with Crippen molar-refractivity contribution in [1.29, 1.82) is 0 Å². The van der Waals surface area contributed by atoms with E-state index in [1.807, 2.05) is 24.3 Å². The number of rotatable bonds is 3. The fourth-order valence-electron chi connectivity index (χ4n) is 2.36. The van der Waals surface area contributed by atoms with Gasteiger partial charge < -0.3 is 0 Å². The van der Waals surface area contributed by atoms with Crippen LogP contribution in [0.5, 0.6) is 0 Å². The van der Waals surface area contributed by atoms with Gasteiger partial charge in [0.1, 0.15) is 5.82 Å². The highest BCUT2D eigenvalue weighted by atomic mass is 32.2. The van der Waals surface area contributed by atoms with Gasteiger partial charge in [0.05, 0.1) is 4.91 Å². The molecule has 21 heavy (non-hydrogen) atoms. The van der Waals surface area contributed by atoms with Gasteiger partial charge in [-0.3, -0.25) is 4.72 Å². The fourth-order valence-corrected chi connectivity index (χ4v) is 3.59. The van der Waals surface area contributed by atoms with Gasteiger partial charge in [-0.25, -0.2) is 12.8 Å². The van der Waals surface area contributed by atoms with Crippen LogP contribution >= 0.6 is 0 Å². The summed E-state index contributed by atoms with van der Waals surface area (Å²) in [5.41, 5.74) is 2.44. The number of allylic oxidation sites excluding steroid dienone is 1. The summed E-state index contributed by atoms with van der Waals surface area (Å²) in [7, 11) is -3.60. The Morgan fingerprint density at radius 3 is 2.43 bits per heavy atom. The van der Waals surface area contributed by atoms with Crippen LogP contribution in [0.15, 0.2) is 53.4 Å². The van der Waals surface area contributed by atoms with Crippen LogP contribution in [-0.4, -0.2) is 8.42 Å². The van der Waals surface area contributed by atoms with E-state index in [4.69, 9.17) is 0 Å². The lowest BCUT2D eigenvalue weighted by molar-refractivity contribution is 0.604. The van der Waals surface area contributed by atoms with E-state index >= 15 is 0 Å². The zero-order valence-corrected chi connectivity index (χ0v) is 12.0. The maximum Gasteiger partial charge on any atom is 0.258 e. The Balaban J connectivity index is 1.89. The van der Waals surface area contributed by atoms with Crippen molar-refractivity contribution in [1.82, 2.24) is 0 Å². The molecule has 1 N–H and O–H groups in total. The van der Waals surface area contributed by atoms with Gasteiger partial charge in [0.15, 0.2) is 0 Å². The molecule has 0 radical (unpaired) electrons. The number of hydrogen-bond donors (Lipinski definition) is 1. The highest BCUT2D eigenvalue weighted by molar-refractivity contribution is 7.96. The van der Waals surface area contributed by atoms with Crippen molar-refractivity contribution in [2.24, 2.45) is 0 Å². The molecule has 3 nitrogen and oxygen atoms in total. The molecule has 0 fully saturated rings. The van der Waals surface area contributed by atoms with Crippen LogP contribution in [-0.2, 0) is 16.4 Å². The van der Waals surface area contributed by atoms with Crippen LogP contribution in [0.1, 0.15) is 17.5 Å². The van der Waals surface area contributed by atoms with Crippen molar-refractivity contribution in [2.75, 3.05) is 4.72 Å². The molecule has 0 atom stereocenters. The van der Waals surface area contributed by atoms with Gasteiger partial charge in [-0.15, -0.1) is 0 Å². The lowest BCUT2D eigenvalue weighted by atomic mass is 9.98. The van der Waals surface area contributed by atoms with Crippen LogP contribution in [0.3, 0.4) is 0 Å². The van der Waals surface area contributed by atoms with Crippen LogP contribution in [0.2, 0.25) is 0 Å². The minimum atomic E-state index is -3.60. The summed E-state index contributed by atoms with van der Waals surface area (Å²) in [6.45, 7) is 0. The summed E-state index contributed by atoms with van der Waals surface area (Å²) in [5.74, 6) is -0.399. The van der Waals surface area contributed by atoms with Crippen molar-refractivity contribution in [2.45, 2.75) is 12.8 Å². The molecule has 0 spiro atoms. The summed E-state index contributed by atoms with van der Waals surface area (Å²) in [4.78, 5) is 0.352. The molecule has 0 heterocycles. The van der Waals surface area contributed by atoms with Crippen LogP contribution in [0.4, 0.5) is 10.1 Å². The standard InChI is InChI=1S/C16H14FNO2S/c17-14-6-8-15(9-7-14)18-21(19,20)16-10-5-12-3-1-2-4-13(12)11-16/h1-4,6-9,11,18H,5,10H2. The van der Waals surface area contributed by atoms with E-state index < -0.39 is 15.8 Å². The third-order valence-corrected chi connectivity index (χ3v) is 4.97. The first-order valence-corrected chi connectivity index (χ1v) is 8.10. The monoisotopic (exact) mass is 303 g/mol. The second-order valence-corrected chi connectivity index (χ2v) is 6.66. The number of aryl methyl sites for hydroxylation is 1. The zero-order valence-electron chi connectivity index (χ0n) is 11.2. The van der Waals surface area contributed by atoms with E-state index in [-0.39, 0.29) is 0 Å². The molecule has 0 aromatic heterocycles. The number of nitrogens with one attached hydrogen (secondary N) is 1. The molecule has 108 valence electrons. The van der Waals surface area contributed by atoms with E-state index in [0.29, 0.717) is 23.4 Å². The van der Waals surface area contributed by atoms with E-state index in [1.165, 1.54) is 24.3 Å². The first kappa shape index (κ1) is 13.8. The quantitative estimate of drug-likeness (QED) is 0.942. The summed E-state index contributed by atoms with van der Waals surface area (Å²) >= 11 is 0. The Kier molecular flexibility index (Phi) is 3.51. The van der Waals surface area contributed by atoms with Crippen molar-refractivity contribution >= 4 is 21.8 Å². The Morgan fingerprint density at radius 2 is 1.67 bits per heavy atom. The minimum absolute atomic E-state index is 0.352. The topological polar surface area (TPSA) is 46.2 Å². The molecule has 5 heteroatoms. The van der Waals surface area contributed by atoms with Crippen molar-refractivity contribution in [3.05, 3.63) is 70.4 Å². The molecule has 0 saturated heterocycles. The Hall–Kier alpha value is -2.14. The van der Waals surface area contributed by atoms with E-state index in [0.717, 1.165) is 11.1 Å². The zero-order chi connectivity index (χ0) is 14.9. The van der Waals surface area contributed by atoms with Crippen LogP contribution in [0, 0.1) is 5.82 Å². The first-order valence-electron chi connectivity index (χ1n) is 6.61. The normalized spacial score (nSPS) is 14.2. The van der Waals surface area contributed by atoms with E-state index in [1.54, 1.807) is 6.08 Å². The van der Waals surface area contributed by atoms with Gasteiger partial charge in [0, 0.05) is 5.69 Å². The van der Waals surface area contributed by atoms with Gasteiger partial charge in [-0.2, -0.15) is 0 Å². The number of anilines is 1. The highest BCUT2D eigenvalue weighted by Gasteiger charge is 2.21. The first-order chi connectivity index (χ1) is 10.0. The maximum absolute atomic E-state index is 12.9. The lowest BCUT2D eigenvalue weighted by Gasteiger charge is -2.17. The number of sulfonamides is 1. The third-order valence-electron chi connectivity index (χ3n) is 3.45. The maximum atomic E-state index is 12.9. The van der Waals surface area contributed by atoms with E-state index in [9.17, 15) is 12.8 Å². The van der Waals surface area contributed by atoms with Crippen molar-refractivity contribution in [3.63, 3.8) is 0 Å². The molecule has 3 rings (SSSR count). The largest absolute Gasteiger partial charge is 0.280 e. The molecule has 2 aromatic rings. The second-order valence-electron chi connectivity index (χ2n) is 4.92. The Bertz CT molecular complexity index is 795. The number of hydrogen-bond acceptors (Lipinski definition) is 2. The second kappa shape index (κ2) is 5.33. The number of halogens is 1. The van der Waals surface area contributed by atoms with Gasteiger partial charge >= 0.3 is 0 Å². The van der Waals surface area contributed by atoms with Crippen LogP contribution < -0.4 is 4.72 Å². The smallest absolute Gasteiger partial charge is 0.258 e. The Labute approximate surface area is 123 Å². The van der Waals surface area contributed by atoms with Gasteiger partial charge in [0.2, 0.25) is 0 Å². The van der Waals surface area contributed by atoms with Crippen molar-refractivity contribution in [3.8, 4) is 0 Å². The predicted octanol–water partition coefficient (Wildman–Crippen LogP) is 3.55. The predicted molar refractivity (Wildman–Crippen MR) is 81.7 cm³/mol. The molecule has 0 bridgehead atoms. The molecule has 2 aromatic carbocycles. The lowest BCUT2D eigenvalue weighted by Crippen LogP contribution is -2.17. The molecule has 0 amide bonds. The molecule has 0 aliphatic heterocycles. The summed E-state index contributed by atoms with van der Waals surface area (Å²) < 4.78 is 40.1. The summed E-state index contributed by atoms with van der Waals surface area (Å²) in [6, 6.07) is 13.0. The minimum Gasteiger partial charge on any atom is -0.280 e. The molecule has 1 aliphatic rings. The van der Waals surface area contributed by atoms with E-state index in [2.05, 4.69) is 4.72 Å². The molecule has 1 aliphatic carbocycles. The Morgan fingerprint density at radius 1 is 0.952 bits per heavy atom. The highest BCUT2D eigenvalue weighted by Crippen LogP contribution is 2.28. The molecule has 0 saturated carbocycles. The van der Waals surface area contributed by atoms with Gasteiger partial charge in [-0.05, 0) is 54.3 Å². The van der Waals surface area contributed by atoms with Crippen LogP contribution in [0.25, 0.3) is 6.08 Å². The molecule has 0 unspecified atom stereocenters. The van der Waals surface area contributed by atoms with Crippen molar-refractivity contribution < 1.29 is 12.8 Å². The van der Waals surface area contributed by atoms with Gasteiger partial charge in [0.25, 0.3) is 10.0 Å². The molecular formula is C16H14FNO2S. The summed E-state index contributed by atoms with van der Waals surface area (Å²) in [5, 5.41) is 0. The fraction of sp³-hybridized carbons (Fsp3) is 0.125. The average Bonchev–Trinajstić information content (AvgIpc) is 2.49. The average molecular weight is 303 g/mol. The molecular weight excluding hydrogens is 289 g/mol. The van der Waals surface area contributed by atoms with Gasteiger partial charge in [-0.1, -0.05) is 24.3 Å². The SMILES string of the molecule is O=S(=O)(Nc1ccc(F)cc1)C1=Cc2ccccc2CC1. The summed E-state index contributed by atoms with van der Waals surface area (Å²) in [6.07, 6.45) is 2.87. The third kappa shape index (κ3) is 2.97.